The van der Waals surface area contributed by atoms with E-state index in [1.54, 1.807) is 13.1 Å². The molecule has 1 aliphatic rings. The Morgan fingerprint density at radius 3 is 2.52 bits per heavy atom. The van der Waals surface area contributed by atoms with Crippen molar-refractivity contribution in [2.24, 2.45) is 0 Å². The molecule has 0 aromatic heterocycles. The Morgan fingerprint density at radius 2 is 2.00 bits per heavy atom. The minimum absolute atomic E-state index is 0.0314. The minimum atomic E-state index is -0.402. The van der Waals surface area contributed by atoms with Crippen molar-refractivity contribution in [1.29, 1.82) is 0 Å². The number of hydrogen-bond acceptors (Lipinski definition) is 5. The third kappa shape index (κ3) is 3.30. The fraction of sp³-hybridized carbons (Fsp3) is 0.500. The monoisotopic (exact) mass is 292 g/mol. The molecule has 1 heterocycles. The maximum absolute atomic E-state index is 11.7. The van der Waals surface area contributed by atoms with Crippen molar-refractivity contribution in [2.75, 3.05) is 25.0 Å². The normalized spacial score (nSPS) is 22.0. The lowest BCUT2D eigenvalue weighted by atomic mass is 10.1. The van der Waals surface area contributed by atoms with Crippen LogP contribution in [0.1, 0.15) is 24.2 Å². The fourth-order valence-corrected chi connectivity index (χ4v) is 2.74. The quantitative estimate of drug-likeness (QED) is 0.644. The van der Waals surface area contributed by atoms with Crippen molar-refractivity contribution in [1.82, 2.24) is 10.6 Å². The molecule has 0 spiro atoms. The van der Waals surface area contributed by atoms with E-state index in [1.807, 2.05) is 18.7 Å². The summed E-state index contributed by atoms with van der Waals surface area (Å²) in [5.41, 5.74) is 0.960. The standard InChI is InChI=1S/C14H20N4O3/c1-9-7-17(8-10(2)16-9)13-6-11(14(19)15-3)4-5-12(13)18(20)21/h4-6,9-10,16H,7-8H2,1-3H3,(H,15,19). The number of nitrogens with zero attached hydrogens (tertiary/aromatic N) is 2. The third-order valence-electron chi connectivity index (χ3n) is 3.56. The Balaban J connectivity index is 2.43. The van der Waals surface area contributed by atoms with Gasteiger partial charge in [-0.05, 0) is 26.0 Å². The average molecular weight is 292 g/mol. The second-order valence-electron chi connectivity index (χ2n) is 5.41. The van der Waals surface area contributed by atoms with Crippen LogP contribution in [0.25, 0.3) is 0 Å². The van der Waals surface area contributed by atoms with E-state index in [0.29, 0.717) is 24.3 Å². The molecule has 0 bridgehead atoms. The Bertz CT molecular complexity index is 551. The molecule has 1 aromatic carbocycles. The summed E-state index contributed by atoms with van der Waals surface area (Å²) in [6.45, 7) is 5.42. The number of anilines is 1. The predicted octanol–water partition coefficient (Wildman–Crippen LogP) is 1.14. The number of carbonyl (C=O) groups is 1. The molecule has 7 heteroatoms. The van der Waals surface area contributed by atoms with E-state index in [0.717, 1.165) is 0 Å². The summed E-state index contributed by atoms with van der Waals surface area (Å²) in [5.74, 6) is -0.248. The number of carbonyl (C=O) groups excluding carboxylic acids is 1. The van der Waals surface area contributed by atoms with Crippen molar-refractivity contribution in [3.63, 3.8) is 0 Å². The van der Waals surface area contributed by atoms with Gasteiger partial charge in [0.2, 0.25) is 0 Å². The molecule has 2 N–H and O–H groups in total. The number of piperazine rings is 1. The molecule has 7 nitrogen and oxygen atoms in total. The van der Waals surface area contributed by atoms with Crippen LogP contribution < -0.4 is 15.5 Å². The SMILES string of the molecule is CNC(=O)c1ccc([N+](=O)[O-])c(N2CC(C)NC(C)C2)c1. The first-order valence-corrected chi connectivity index (χ1v) is 6.94. The van der Waals surface area contributed by atoms with Crippen LogP contribution in [0, 0.1) is 10.1 Å². The van der Waals surface area contributed by atoms with Gasteiger partial charge >= 0.3 is 0 Å². The molecule has 114 valence electrons. The molecule has 2 unspecified atom stereocenters. The zero-order chi connectivity index (χ0) is 15.6. The van der Waals surface area contributed by atoms with Gasteiger partial charge in [0, 0.05) is 43.9 Å². The van der Waals surface area contributed by atoms with Crippen LogP contribution in [0.5, 0.6) is 0 Å². The van der Waals surface area contributed by atoms with Crippen LogP contribution in [0.15, 0.2) is 18.2 Å². The summed E-state index contributed by atoms with van der Waals surface area (Å²) < 4.78 is 0. The van der Waals surface area contributed by atoms with Crippen molar-refractivity contribution in [3.8, 4) is 0 Å². The second kappa shape index (κ2) is 6.09. The zero-order valence-corrected chi connectivity index (χ0v) is 12.4. The summed E-state index contributed by atoms with van der Waals surface area (Å²) in [6, 6.07) is 4.95. The molecule has 2 rings (SSSR count). The molecule has 1 amide bonds. The van der Waals surface area contributed by atoms with Crippen molar-refractivity contribution in [3.05, 3.63) is 33.9 Å². The summed E-state index contributed by atoms with van der Waals surface area (Å²) in [5, 5.41) is 17.2. The molecular weight excluding hydrogens is 272 g/mol. The van der Waals surface area contributed by atoms with Crippen LogP contribution >= 0.6 is 0 Å². The van der Waals surface area contributed by atoms with Gasteiger partial charge in [-0.25, -0.2) is 0 Å². The Kier molecular flexibility index (Phi) is 4.42. The summed E-state index contributed by atoms with van der Waals surface area (Å²) in [7, 11) is 1.54. The minimum Gasteiger partial charge on any atom is -0.363 e. The van der Waals surface area contributed by atoms with E-state index in [-0.39, 0.29) is 23.7 Å². The summed E-state index contributed by atoms with van der Waals surface area (Å²) in [6.07, 6.45) is 0. The van der Waals surface area contributed by atoms with Gasteiger partial charge in [0.05, 0.1) is 4.92 Å². The Labute approximate surface area is 123 Å². The number of nitrogens with one attached hydrogen (secondary N) is 2. The third-order valence-corrected chi connectivity index (χ3v) is 3.56. The van der Waals surface area contributed by atoms with Gasteiger partial charge in [0.25, 0.3) is 11.6 Å². The molecule has 0 saturated carbocycles. The van der Waals surface area contributed by atoms with E-state index in [1.165, 1.54) is 12.1 Å². The Morgan fingerprint density at radius 1 is 1.38 bits per heavy atom. The van der Waals surface area contributed by atoms with E-state index in [2.05, 4.69) is 10.6 Å². The van der Waals surface area contributed by atoms with Gasteiger partial charge in [0.1, 0.15) is 5.69 Å². The van der Waals surface area contributed by atoms with Gasteiger partial charge in [-0.3, -0.25) is 14.9 Å². The lowest BCUT2D eigenvalue weighted by Gasteiger charge is -2.37. The van der Waals surface area contributed by atoms with Gasteiger partial charge in [-0.2, -0.15) is 0 Å². The van der Waals surface area contributed by atoms with Crippen LogP contribution in [-0.2, 0) is 0 Å². The lowest BCUT2D eigenvalue weighted by Crippen LogP contribution is -2.54. The highest BCUT2D eigenvalue weighted by atomic mass is 16.6. The molecule has 1 aromatic rings. The fourth-order valence-electron chi connectivity index (χ4n) is 2.74. The van der Waals surface area contributed by atoms with Gasteiger partial charge in [-0.15, -0.1) is 0 Å². The van der Waals surface area contributed by atoms with Crippen molar-refractivity contribution in [2.45, 2.75) is 25.9 Å². The van der Waals surface area contributed by atoms with Crippen molar-refractivity contribution >= 4 is 17.3 Å². The molecule has 1 aliphatic heterocycles. The van der Waals surface area contributed by atoms with Crippen LogP contribution in [-0.4, -0.2) is 43.1 Å². The van der Waals surface area contributed by atoms with E-state index < -0.39 is 4.92 Å². The van der Waals surface area contributed by atoms with E-state index in [9.17, 15) is 14.9 Å². The topological polar surface area (TPSA) is 87.5 Å². The molecule has 2 atom stereocenters. The van der Waals surface area contributed by atoms with Crippen LogP contribution in [0.2, 0.25) is 0 Å². The largest absolute Gasteiger partial charge is 0.363 e. The first kappa shape index (κ1) is 15.2. The second-order valence-corrected chi connectivity index (χ2v) is 5.41. The molecule has 21 heavy (non-hydrogen) atoms. The van der Waals surface area contributed by atoms with Gasteiger partial charge < -0.3 is 15.5 Å². The Hall–Kier alpha value is -2.15. The number of nitro benzene ring substituents is 1. The number of amides is 1. The number of benzene rings is 1. The molecule has 1 saturated heterocycles. The smallest absolute Gasteiger partial charge is 0.292 e. The highest BCUT2D eigenvalue weighted by Crippen LogP contribution is 2.30. The van der Waals surface area contributed by atoms with Gasteiger partial charge in [0.15, 0.2) is 0 Å². The van der Waals surface area contributed by atoms with E-state index >= 15 is 0 Å². The van der Waals surface area contributed by atoms with Crippen molar-refractivity contribution < 1.29 is 9.72 Å². The first-order valence-electron chi connectivity index (χ1n) is 6.94. The summed E-state index contributed by atoms with van der Waals surface area (Å²) >= 11 is 0. The van der Waals surface area contributed by atoms with Crippen LogP contribution in [0.4, 0.5) is 11.4 Å². The van der Waals surface area contributed by atoms with Gasteiger partial charge in [-0.1, -0.05) is 0 Å². The highest BCUT2D eigenvalue weighted by Gasteiger charge is 2.27. The highest BCUT2D eigenvalue weighted by molar-refractivity contribution is 5.95. The average Bonchev–Trinajstić information content (AvgIpc) is 2.44. The molecular formula is C14H20N4O3. The maximum atomic E-state index is 11.7. The number of hydrogen-bond donors (Lipinski definition) is 2. The van der Waals surface area contributed by atoms with E-state index in [4.69, 9.17) is 0 Å². The predicted molar refractivity (Wildman–Crippen MR) is 80.8 cm³/mol. The maximum Gasteiger partial charge on any atom is 0.292 e. The zero-order valence-electron chi connectivity index (χ0n) is 12.4. The van der Waals surface area contributed by atoms with Crippen LogP contribution in [0.3, 0.4) is 0 Å². The molecule has 0 radical (unpaired) electrons. The molecule has 0 aliphatic carbocycles. The molecule has 1 fully saturated rings. The lowest BCUT2D eigenvalue weighted by molar-refractivity contribution is -0.384. The number of nitro groups is 1. The first-order chi connectivity index (χ1) is 9.92. The number of rotatable bonds is 3. The summed E-state index contributed by atoms with van der Waals surface area (Å²) in [4.78, 5) is 24.6.